The van der Waals surface area contributed by atoms with Crippen LogP contribution in [0.1, 0.15) is 49.7 Å². The molecule has 0 radical (unpaired) electrons. The van der Waals surface area contributed by atoms with Crippen LogP contribution in [-0.4, -0.2) is 19.9 Å². The summed E-state index contributed by atoms with van der Waals surface area (Å²) in [7, 11) is 0. The first-order chi connectivity index (χ1) is 24.1. The summed E-state index contributed by atoms with van der Waals surface area (Å²) in [5.41, 5.74) is 8.67. The molecule has 11 rings (SSSR count). The molecule has 236 valence electrons. The molecule has 0 saturated heterocycles. The van der Waals surface area contributed by atoms with E-state index < -0.39 is 0 Å². The standard InChI is InChI=1S/C43H33N5O/c44-25-26-5-7-30(8-6-26)31-9-11-32(12-10-31)39-46-40(33-13-15-34(16-14-33)43-22-27-19-28(23-43)21-29(20-27)24-43)48-41(47-39)36-17-18-45-42-38(36)35-3-1-2-4-37(35)49-42/h1-18,27-29H,19-24H2. The Bertz CT molecular complexity index is 2380. The SMILES string of the molecule is N#Cc1ccc(-c2ccc(-c3nc(-c4ccc(C56CC7CC(CC(C7)C5)C6)cc4)nc(-c4ccnc5oc6ccccc6c45)n3)cc2)cc1. The van der Waals surface area contributed by atoms with Crippen LogP contribution in [-0.2, 0) is 5.41 Å². The van der Waals surface area contributed by atoms with E-state index in [4.69, 9.17) is 19.4 Å². The lowest BCUT2D eigenvalue weighted by molar-refractivity contribution is -0.00518. The zero-order valence-corrected chi connectivity index (χ0v) is 27.0. The number of pyridine rings is 1. The highest BCUT2D eigenvalue weighted by Crippen LogP contribution is 2.60. The van der Waals surface area contributed by atoms with Crippen LogP contribution < -0.4 is 0 Å². The van der Waals surface area contributed by atoms with Crippen LogP contribution >= 0.6 is 0 Å². The third-order valence-electron chi connectivity index (χ3n) is 11.4. The Morgan fingerprint density at radius 3 is 1.80 bits per heavy atom. The van der Waals surface area contributed by atoms with Crippen LogP contribution in [0, 0.1) is 29.1 Å². The summed E-state index contributed by atoms with van der Waals surface area (Å²) in [5.74, 6) is 4.54. The third-order valence-corrected chi connectivity index (χ3v) is 11.4. The molecule has 0 unspecified atom stereocenters. The topological polar surface area (TPSA) is 88.5 Å². The Morgan fingerprint density at radius 1 is 0.612 bits per heavy atom. The lowest BCUT2D eigenvalue weighted by Gasteiger charge is -2.57. The molecule has 0 atom stereocenters. The number of rotatable bonds is 5. The molecule has 7 aromatic rings. The highest BCUT2D eigenvalue weighted by Gasteiger charge is 2.51. The molecule has 4 aliphatic carbocycles. The summed E-state index contributed by atoms with van der Waals surface area (Å²) in [6.07, 6.45) is 10.1. The molecule has 0 amide bonds. The van der Waals surface area contributed by atoms with Gasteiger partial charge in [0.15, 0.2) is 17.5 Å². The van der Waals surface area contributed by atoms with Crippen molar-refractivity contribution in [1.29, 1.82) is 5.26 Å². The summed E-state index contributed by atoms with van der Waals surface area (Å²) in [6, 6.07) is 37.2. The summed E-state index contributed by atoms with van der Waals surface area (Å²) in [4.78, 5) is 19.8. The van der Waals surface area contributed by atoms with Gasteiger partial charge in [-0.05, 0) is 103 Å². The second-order valence-corrected chi connectivity index (χ2v) is 14.5. The van der Waals surface area contributed by atoms with E-state index in [0.717, 1.165) is 61.9 Å². The van der Waals surface area contributed by atoms with Crippen molar-refractivity contribution in [1.82, 2.24) is 19.9 Å². The number of aromatic nitrogens is 4. The fraction of sp³-hybridized carbons (Fsp3) is 0.233. The molecule has 6 nitrogen and oxygen atoms in total. The van der Waals surface area contributed by atoms with Gasteiger partial charge >= 0.3 is 0 Å². The van der Waals surface area contributed by atoms with E-state index in [0.29, 0.717) is 34.2 Å². The molecule has 4 aliphatic rings. The fourth-order valence-electron chi connectivity index (χ4n) is 9.57. The quantitative estimate of drug-likeness (QED) is 0.187. The van der Waals surface area contributed by atoms with E-state index in [2.05, 4.69) is 65.7 Å². The van der Waals surface area contributed by atoms with Crippen LogP contribution in [0.2, 0.25) is 0 Å². The zero-order chi connectivity index (χ0) is 32.5. The van der Waals surface area contributed by atoms with Gasteiger partial charge in [-0.25, -0.2) is 19.9 Å². The van der Waals surface area contributed by atoms with Crippen LogP contribution in [0.3, 0.4) is 0 Å². The second-order valence-electron chi connectivity index (χ2n) is 14.5. The van der Waals surface area contributed by atoms with Crippen molar-refractivity contribution in [2.24, 2.45) is 17.8 Å². The number of nitrogens with zero attached hydrogens (tertiary/aromatic N) is 5. The van der Waals surface area contributed by atoms with Crippen LogP contribution in [0.25, 0.3) is 67.4 Å². The van der Waals surface area contributed by atoms with Gasteiger partial charge in [0.1, 0.15) is 5.58 Å². The van der Waals surface area contributed by atoms with Gasteiger partial charge in [-0.1, -0.05) is 78.9 Å². The van der Waals surface area contributed by atoms with Gasteiger partial charge in [0.2, 0.25) is 5.71 Å². The van der Waals surface area contributed by atoms with Crippen molar-refractivity contribution >= 4 is 22.1 Å². The van der Waals surface area contributed by atoms with Crippen LogP contribution in [0.5, 0.6) is 0 Å². The Balaban J connectivity index is 1.08. The van der Waals surface area contributed by atoms with E-state index in [1.807, 2.05) is 48.5 Å². The Labute approximate surface area is 284 Å². The van der Waals surface area contributed by atoms with Gasteiger partial charge in [0.05, 0.1) is 17.0 Å². The molecule has 4 bridgehead atoms. The van der Waals surface area contributed by atoms with E-state index in [1.165, 1.54) is 44.1 Å². The number of hydrogen-bond acceptors (Lipinski definition) is 6. The smallest absolute Gasteiger partial charge is 0.228 e. The number of furan rings is 1. The second kappa shape index (κ2) is 10.9. The average molecular weight is 636 g/mol. The fourth-order valence-corrected chi connectivity index (χ4v) is 9.57. The van der Waals surface area contributed by atoms with Crippen LogP contribution in [0.4, 0.5) is 0 Å². The molecule has 3 aromatic heterocycles. The molecule has 6 heteroatoms. The molecular weight excluding hydrogens is 603 g/mol. The minimum absolute atomic E-state index is 0.338. The molecule has 0 aliphatic heterocycles. The first-order valence-electron chi connectivity index (χ1n) is 17.4. The minimum Gasteiger partial charge on any atom is -0.438 e. The van der Waals surface area contributed by atoms with Crippen molar-refractivity contribution < 1.29 is 4.42 Å². The number of para-hydroxylation sites is 1. The first-order valence-corrected chi connectivity index (χ1v) is 17.4. The molecule has 0 spiro atoms. The summed E-state index contributed by atoms with van der Waals surface area (Å²) in [5, 5.41) is 11.1. The van der Waals surface area contributed by atoms with E-state index in [9.17, 15) is 5.26 Å². The predicted octanol–water partition coefficient (Wildman–Crippen LogP) is 10.2. The maximum absolute atomic E-state index is 9.21. The average Bonchev–Trinajstić information content (AvgIpc) is 3.53. The van der Waals surface area contributed by atoms with Gasteiger partial charge in [-0.15, -0.1) is 0 Å². The maximum atomic E-state index is 9.21. The van der Waals surface area contributed by atoms with Gasteiger partial charge < -0.3 is 4.42 Å². The molecule has 0 N–H and O–H groups in total. The number of benzene rings is 4. The number of hydrogen-bond donors (Lipinski definition) is 0. The van der Waals surface area contributed by atoms with Crippen molar-refractivity contribution in [2.75, 3.05) is 0 Å². The zero-order valence-electron chi connectivity index (χ0n) is 27.0. The Kier molecular flexibility index (Phi) is 6.33. The molecular formula is C43H33N5O. The van der Waals surface area contributed by atoms with Crippen LogP contribution in [0.15, 0.2) is 114 Å². The minimum atomic E-state index is 0.338. The third kappa shape index (κ3) is 4.76. The van der Waals surface area contributed by atoms with Crippen molar-refractivity contribution in [3.8, 4) is 51.4 Å². The van der Waals surface area contributed by atoms with E-state index in [1.54, 1.807) is 6.20 Å². The Morgan fingerprint density at radius 2 is 1.16 bits per heavy atom. The molecule has 49 heavy (non-hydrogen) atoms. The highest BCUT2D eigenvalue weighted by molar-refractivity contribution is 6.10. The van der Waals surface area contributed by atoms with Gasteiger partial charge in [0, 0.05) is 28.3 Å². The van der Waals surface area contributed by atoms with Crippen molar-refractivity contribution in [3.05, 3.63) is 120 Å². The normalized spacial score (nSPS) is 22.5. The summed E-state index contributed by atoms with van der Waals surface area (Å²) in [6.45, 7) is 0. The van der Waals surface area contributed by atoms with Crippen molar-refractivity contribution in [2.45, 2.75) is 43.9 Å². The summed E-state index contributed by atoms with van der Waals surface area (Å²) < 4.78 is 6.13. The first kappa shape index (κ1) is 28.4. The molecule has 4 fully saturated rings. The number of fused-ring (bicyclic) bond motifs is 3. The predicted molar refractivity (Wildman–Crippen MR) is 191 cm³/mol. The lowest BCUT2D eigenvalue weighted by atomic mass is 9.48. The number of nitriles is 1. The van der Waals surface area contributed by atoms with Gasteiger partial charge in [-0.3, -0.25) is 0 Å². The summed E-state index contributed by atoms with van der Waals surface area (Å²) >= 11 is 0. The molecule has 3 heterocycles. The maximum Gasteiger partial charge on any atom is 0.228 e. The van der Waals surface area contributed by atoms with E-state index in [-0.39, 0.29) is 0 Å². The van der Waals surface area contributed by atoms with Crippen molar-refractivity contribution in [3.63, 3.8) is 0 Å². The van der Waals surface area contributed by atoms with E-state index >= 15 is 0 Å². The lowest BCUT2D eigenvalue weighted by Crippen LogP contribution is -2.48. The van der Waals surface area contributed by atoms with Gasteiger partial charge in [-0.2, -0.15) is 5.26 Å². The molecule has 4 saturated carbocycles. The molecule has 4 aromatic carbocycles. The monoisotopic (exact) mass is 635 g/mol. The largest absolute Gasteiger partial charge is 0.438 e. The van der Waals surface area contributed by atoms with Gasteiger partial charge in [0.25, 0.3) is 0 Å². The Hall–Kier alpha value is -5.67. The highest BCUT2D eigenvalue weighted by atomic mass is 16.3.